The number of carboxylic acids is 1. The predicted octanol–water partition coefficient (Wildman–Crippen LogP) is 3.52. The Kier molecular flexibility index (Phi) is 4.04. The molecule has 5 nitrogen and oxygen atoms in total. The molecule has 2 bridgehead atoms. The summed E-state index contributed by atoms with van der Waals surface area (Å²) >= 11 is 0. The van der Waals surface area contributed by atoms with Crippen LogP contribution in [0.5, 0.6) is 0 Å². The fourth-order valence-corrected chi connectivity index (χ4v) is 4.84. The molecule has 1 amide bonds. The number of amides is 1. The minimum atomic E-state index is -0.976. The van der Waals surface area contributed by atoms with Crippen LogP contribution >= 0.6 is 0 Å². The van der Waals surface area contributed by atoms with Gasteiger partial charge in [-0.05, 0) is 37.0 Å². The highest BCUT2D eigenvalue weighted by molar-refractivity contribution is 6.03. The van der Waals surface area contributed by atoms with Gasteiger partial charge in [-0.25, -0.2) is 0 Å². The van der Waals surface area contributed by atoms with Gasteiger partial charge in [-0.15, -0.1) is 6.58 Å². The van der Waals surface area contributed by atoms with Crippen molar-refractivity contribution in [2.75, 3.05) is 4.90 Å². The predicted molar refractivity (Wildman–Crippen MR) is 103 cm³/mol. The van der Waals surface area contributed by atoms with Crippen molar-refractivity contribution in [1.29, 1.82) is 0 Å². The zero-order valence-electron chi connectivity index (χ0n) is 15.9. The highest BCUT2D eigenvalue weighted by Gasteiger charge is 2.71. The molecule has 5 heteroatoms. The average molecular weight is 367 g/mol. The first-order chi connectivity index (χ1) is 12.8. The van der Waals surface area contributed by atoms with Gasteiger partial charge in [0.25, 0.3) is 0 Å². The van der Waals surface area contributed by atoms with Crippen molar-refractivity contribution in [2.45, 2.75) is 50.9 Å². The summed E-state index contributed by atoms with van der Waals surface area (Å²) in [4.78, 5) is 27.0. The molecule has 0 saturated carbocycles. The first kappa shape index (κ1) is 18.0. The Hall–Kier alpha value is -2.40. The summed E-state index contributed by atoms with van der Waals surface area (Å²) in [5, 5.41) is 9.72. The maximum Gasteiger partial charge on any atom is 0.310 e. The van der Waals surface area contributed by atoms with Crippen molar-refractivity contribution < 1.29 is 19.4 Å². The number of carbonyl (C=O) groups is 2. The number of ether oxygens (including phenoxy) is 1. The van der Waals surface area contributed by atoms with Gasteiger partial charge in [0.2, 0.25) is 5.91 Å². The first-order valence-electron chi connectivity index (χ1n) is 9.43. The molecule has 27 heavy (non-hydrogen) atoms. The highest BCUT2D eigenvalue weighted by atomic mass is 16.5. The number of hydrogen-bond donors (Lipinski definition) is 1. The molecule has 1 N–H and O–H groups in total. The maximum atomic E-state index is 13.4. The standard InChI is InChI=1S/C22H25NO4/c1-12(2)11-17-22-10-9-16(27-22)18(21(25)26)19(22)20(24)23(17)15-7-5-14(6-8-15)13(3)4/h5-10,13,16-19H,1,11H2,2-4H3,(H,25,26)/t16-,17+,18-,19+,22+/m0/s1. The van der Waals surface area contributed by atoms with Crippen molar-refractivity contribution in [3.8, 4) is 0 Å². The average Bonchev–Trinajstić information content (AvgIpc) is 3.24. The van der Waals surface area contributed by atoms with Crippen molar-refractivity contribution in [3.05, 3.63) is 54.1 Å². The number of fused-ring (bicyclic) bond motifs is 1. The van der Waals surface area contributed by atoms with Gasteiger partial charge in [0.05, 0.1) is 18.1 Å². The molecule has 3 aliphatic rings. The Labute approximate surface area is 159 Å². The van der Waals surface area contributed by atoms with E-state index in [0.717, 1.165) is 11.3 Å². The molecule has 3 heterocycles. The molecule has 4 rings (SSSR count). The number of aliphatic carboxylic acids is 1. The molecule has 3 aliphatic heterocycles. The summed E-state index contributed by atoms with van der Waals surface area (Å²) in [5.41, 5.74) is 2.02. The Morgan fingerprint density at radius 3 is 2.56 bits per heavy atom. The fourth-order valence-electron chi connectivity index (χ4n) is 4.84. The SMILES string of the molecule is C=C(C)C[C@H]1N(c2ccc(C(C)C)cc2)C(=O)[C@H]2[C@@H](C(=O)O)[C@@H]3C=C[C@]21O3. The molecule has 0 unspecified atom stereocenters. The first-order valence-corrected chi connectivity index (χ1v) is 9.43. The largest absolute Gasteiger partial charge is 0.481 e. The number of hydrogen-bond acceptors (Lipinski definition) is 3. The third-order valence-corrected chi connectivity index (χ3v) is 6.09. The van der Waals surface area contributed by atoms with E-state index < -0.39 is 29.5 Å². The number of carbonyl (C=O) groups excluding carboxylic acids is 1. The number of carboxylic acid groups (broad SMARTS) is 1. The minimum Gasteiger partial charge on any atom is -0.481 e. The second kappa shape index (κ2) is 6.06. The van der Waals surface area contributed by atoms with Gasteiger partial charge in [0.15, 0.2) is 0 Å². The van der Waals surface area contributed by atoms with Crippen LogP contribution < -0.4 is 4.90 Å². The van der Waals surface area contributed by atoms with Crippen LogP contribution in [0.25, 0.3) is 0 Å². The summed E-state index contributed by atoms with van der Waals surface area (Å²) < 4.78 is 6.16. The van der Waals surface area contributed by atoms with Crippen molar-refractivity contribution in [3.63, 3.8) is 0 Å². The monoisotopic (exact) mass is 367 g/mol. The zero-order valence-corrected chi connectivity index (χ0v) is 15.9. The van der Waals surface area contributed by atoms with Crippen molar-refractivity contribution >= 4 is 17.6 Å². The number of anilines is 1. The van der Waals surface area contributed by atoms with Gasteiger partial charge < -0.3 is 14.7 Å². The lowest BCUT2D eigenvalue weighted by molar-refractivity contribution is -0.146. The Balaban J connectivity index is 1.79. The van der Waals surface area contributed by atoms with Crippen LogP contribution in [0.3, 0.4) is 0 Å². The molecule has 142 valence electrons. The molecule has 2 saturated heterocycles. The Morgan fingerprint density at radius 1 is 1.33 bits per heavy atom. The van der Waals surface area contributed by atoms with Crippen LogP contribution in [0.4, 0.5) is 5.69 Å². The molecule has 1 spiro atoms. The van der Waals surface area contributed by atoms with E-state index in [1.54, 1.807) is 11.0 Å². The summed E-state index contributed by atoms with van der Waals surface area (Å²) in [6.45, 7) is 10.2. The van der Waals surface area contributed by atoms with Gasteiger partial charge in [-0.2, -0.15) is 0 Å². The van der Waals surface area contributed by atoms with Gasteiger partial charge in [0.1, 0.15) is 11.5 Å². The van der Waals surface area contributed by atoms with E-state index in [1.165, 1.54) is 5.56 Å². The van der Waals surface area contributed by atoms with Gasteiger partial charge in [0, 0.05) is 5.69 Å². The number of benzene rings is 1. The molecular formula is C22H25NO4. The topological polar surface area (TPSA) is 66.8 Å². The van der Waals surface area contributed by atoms with Crippen LogP contribution in [0, 0.1) is 11.8 Å². The molecule has 2 fully saturated rings. The minimum absolute atomic E-state index is 0.169. The van der Waals surface area contributed by atoms with E-state index in [0.29, 0.717) is 12.3 Å². The molecular weight excluding hydrogens is 342 g/mol. The van der Waals surface area contributed by atoms with Crippen LogP contribution in [0.15, 0.2) is 48.6 Å². The lowest BCUT2D eigenvalue weighted by Crippen LogP contribution is -2.45. The van der Waals surface area contributed by atoms with Crippen LogP contribution in [-0.4, -0.2) is 34.7 Å². The number of rotatable bonds is 5. The Morgan fingerprint density at radius 2 is 2.00 bits per heavy atom. The molecule has 1 aromatic rings. The van der Waals surface area contributed by atoms with E-state index in [2.05, 4.69) is 20.4 Å². The molecule has 0 radical (unpaired) electrons. The fraction of sp³-hybridized carbons (Fsp3) is 0.455. The lowest BCUT2D eigenvalue weighted by atomic mass is 9.74. The summed E-state index contributed by atoms with van der Waals surface area (Å²) in [7, 11) is 0. The third-order valence-electron chi connectivity index (χ3n) is 6.09. The Bertz CT molecular complexity index is 840. The van der Waals surface area contributed by atoms with Crippen LogP contribution in [0.1, 0.15) is 38.7 Å². The molecule has 5 atom stereocenters. The van der Waals surface area contributed by atoms with E-state index in [-0.39, 0.29) is 11.9 Å². The van der Waals surface area contributed by atoms with Crippen LogP contribution in [-0.2, 0) is 14.3 Å². The number of nitrogens with zero attached hydrogens (tertiary/aromatic N) is 1. The lowest BCUT2D eigenvalue weighted by Gasteiger charge is -2.33. The van der Waals surface area contributed by atoms with E-state index in [9.17, 15) is 14.7 Å². The second-order valence-corrected chi connectivity index (χ2v) is 8.27. The highest BCUT2D eigenvalue weighted by Crippen LogP contribution is 2.56. The molecule has 0 aliphatic carbocycles. The normalized spacial score (nSPS) is 33.8. The van der Waals surface area contributed by atoms with E-state index in [4.69, 9.17) is 4.74 Å². The maximum absolute atomic E-state index is 13.4. The van der Waals surface area contributed by atoms with Crippen LogP contribution in [0.2, 0.25) is 0 Å². The molecule has 0 aromatic heterocycles. The zero-order chi connectivity index (χ0) is 19.5. The third kappa shape index (κ3) is 2.48. The summed E-state index contributed by atoms with van der Waals surface area (Å²) in [6, 6.07) is 7.66. The van der Waals surface area contributed by atoms with Gasteiger partial charge >= 0.3 is 5.97 Å². The van der Waals surface area contributed by atoms with E-state index in [1.807, 2.05) is 37.3 Å². The quantitative estimate of drug-likeness (QED) is 0.809. The summed E-state index contributed by atoms with van der Waals surface area (Å²) in [6.07, 6.45) is 3.75. The molecule has 1 aromatic carbocycles. The second-order valence-electron chi connectivity index (χ2n) is 8.27. The van der Waals surface area contributed by atoms with Crippen molar-refractivity contribution in [1.82, 2.24) is 0 Å². The van der Waals surface area contributed by atoms with Gasteiger partial charge in [-0.1, -0.05) is 43.7 Å². The van der Waals surface area contributed by atoms with Gasteiger partial charge in [-0.3, -0.25) is 9.59 Å². The summed E-state index contributed by atoms with van der Waals surface area (Å²) in [5.74, 6) is -2.28. The van der Waals surface area contributed by atoms with Crippen molar-refractivity contribution in [2.24, 2.45) is 11.8 Å². The van der Waals surface area contributed by atoms with E-state index >= 15 is 0 Å². The smallest absolute Gasteiger partial charge is 0.310 e.